The minimum atomic E-state index is -4.72. The fraction of sp³-hybridized carbons (Fsp3) is 0.615. The highest BCUT2D eigenvalue weighted by atomic mass is 35.5. The van der Waals surface area contributed by atoms with Crippen LogP contribution < -0.4 is 0 Å². The van der Waals surface area contributed by atoms with E-state index in [1.54, 1.807) is 0 Å². The summed E-state index contributed by atoms with van der Waals surface area (Å²) >= 11 is 5.48. The third-order valence-electron chi connectivity index (χ3n) is 3.63. The van der Waals surface area contributed by atoms with Gasteiger partial charge in [-0.15, -0.1) is 0 Å². The Morgan fingerprint density at radius 3 is 2.38 bits per heavy atom. The molecule has 3 nitrogen and oxygen atoms in total. The van der Waals surface area contributed by atoms with E-state index in [0.29, 0.717) is 12.8 Å². The van der Waals surface area contributed by atoms with Gasteiger partial charge in [-0.25, -0.2) is 13.4 Å². The normalized spacial score (nSPS) is 17.9. The van der Waals surface area contributed by atoms with Crippen LogP contribution in [0.25, 0.3) is 0 Å². The Bertz CT molecular complexity index is 610. The van der Waals surface area contributed by atoms with Crippen LogP contribution >= 0.6 is 11.6 Å². The summed E-state index contributed by atoms with van der Waals surface area (Å²) in [4.78, 5) is 3.25. The molecule has 1 aliphatic carbocycles. The van der Waals surface area contributed by atoms with Crippen LogP contribution in [0.15, 0.2) is 12.1 Å². The Labute approximate surface area is 126 Å². The Balaban J connectivity index is 2.30. The Kier molecular flexibility index (Phi) is 4.82. The number of nitrogens with zero attached hydrogens (tertiary/aromatic N) is 1. The van der Waals surface area contributed by atoms with Crippen LogP contribution in [-0.2, 0) is 21.8 Å². The second-order valence-corrected chi connectivity index (χ2v) is 7.87. The monoisotopic (exact) mass is 341 g/mol. The van der Waals surface area contributed by atoms with E-state index in [-0.39, 0.29) is 10.7 Å². The highest BCUT2D eigenvalue weighted by Gasteiger charge is 2.38. The van der Waals surface area contributed by atoms with Gasteiger partial charge in [-0.1, -0.05) is 36.9 Å². The molecule has 2 rings (SSSR count). The van der Waals surface area contributed by atoms with Crippen molar-refractivity contribution < 1.29 is 21.6 Å². The molecule has 0 amide bonds. The third-order valence-corrected chi connectivity index (χ3v) is 6.04. The molecule has 1 aromatic rings. The molecule has 0 saturated heterocycles. The van der Waals surface area contributed by atoms with E-state index < -0.39 is 32.7 Å². The van der Waals surface area contributed by atoms with Gasteiger partial charge in [0.15, 0.2) is 9.84 Å². The van der Waals surface area contributed by atoms with Crippen molar-refractivity contribution in [2.45, 2.75) is 49.3 Å². The van der Waals surface area contributed by atoms with Crippen molar-refractivity contribution >= 4 is 21.4 Å². The zero-order chi connectivity index (χ0) is 15.7. The predicted molar refractivity (Wildman–Crippen MR) is 73.7 cm³/mol. The van der Waals surface area contributed by atoms with Crippen molar-refractivity contribution in [3.05, 3.63) is 28.5 Å². The van der Waals surface area contributed by atoms with Crippen LogP contribution in [-0.4, -0.2) is 18.7 Å². The van der Waals surface area contributed by atoms with Crippen LogP contribution in [0, 0.1) is 0 Å². The smallest absolute Gasteiger partial charge is 0.231 e. The van der Waals surface area contributed by atoms with Gasteiger partial charge in [-0.3, -0.25) is 0 Å². The molecule has 1 fully saturated rings. The number of sulfone groups is 1. The summed E-state index contributed by atoms with van der Waals surface area (Å²) in [5.41, 5.74) is -1.55. The predicted octanol–water partition coefficient (Wildman–Crippen LogP) is 4.00. The largest absolute Gasteiger partial charge is 0.433 e. The quantitative estimate of drug-likeness (QED) is 0.781. The van der Waals surface area contributed by atoms with Crippen LogP contribution in [0.2, 0.25) is 5.15 Å². The minimum Gasteiger partial charge on any atom is -0.231 e. The first-order chi connectivity index (χ1) is 9.70. The molecule has 1 saturated carbocycles. The molecule has 0 spiro atoms. The van der Waals surface area contributed by atoms with Gasteiger partial charge in [0.25, 0.3) is 0 Å². The van der Waals surface area contributed by atoms with E-state index in [4.69, 9.17) is 11.6 Å². The van der Waals surface area contributed by atoms with Crippen LogP contribution in [0.5, 0.6) is 0 Å². The Morgan fingerprint density at radius 1 is 1.19 bits per heavy atom. The highest BCUT2D eigenvalue weighted by molar-refractivity contribution is 7.91. The van der Waals surface area contributed by atoms with Gasteiger partial charge in [-0.05, 0) is 24.5 Å². The van der Waals surface area contributed by atoms with E-state index in [1.807, 2.05) is 0 Å². The zero-order valence-corrected chi connectivity index (χ0v) is 12.7. The maximum absolute atomic E-state index is 12.9. The molecule has 0 aromatic carbocycles. The van der Waals surface area contributed by atoms with Gasteiger partial charge in [0, 0.05) is 0 Å². The number of hydrogen-bond donors (Lipinski definition) is 0. The van der Waals surface area contributed by atoms with Crippen LogP contribution in [0.4, 0.5) is 13.2 Å². The van der Waals surface area contributed by atoms with Gasteiger partial charge < -0.3 is 0 Å². The topological polar surface area (TPSA) is 47.0 Å². The number of rotatable bonds is 3. The lowest BCUT2D eigenvalue weighted by atomic mass is 10.0. The Morgan fingerprint density at radius 2 is 1.81 bits per heavy atom. The SMILES string of the molecule is O=S(=O)(Cc1ccc(Cl)nc1C(F)(F)F)C1CCCCC1. The summed E-state index contributed by atoms with van der Waals surface area (Å²) in [5.74, 6) is -0.642. The van der Waals surface area contributed by atoms with E-state index in [1.165, 1.54) is 6.07 Å². The van der Waals surface area contributed by atoms with Crippen molar-refractivity contribution in [1.29, 1.82) is 0 Å². The third kappa shape index (κ3) is 4.10. The van der Waals surface area contributed by atoms with Gasteiger partial charge in [0.2, 0.25) is 0 Å². The standard InChI is InChI=1S/C13H15ClF3NO2S/c14-11-7-6-9(12(18-11)13(15,16)17)8-21(19,20)10-4-2-1-3-5-10/h6-7,10H,1-5,8H2. The van der Waals surface area contributed by atoms with Gasteiger partial charge in [0.05, 0.1) is 11.0 Å². The Hall–Kier alpha value is -0.820. The maximum Gasteiger partial charge on any atom is 0.433 e. The zero-order valence-electron chi connectivity index (χ0n) is 11.2. The molecular weight excluding hydrogens is 327 g/mol. The average molecular weight is 342 g/mol. The summed E-state index contributed by atoms with van der Waals surface area (Å²) in [6, 6.07) is 2.28. The second kappa shape index (κ2) is 6.12. The first-order valence-corrected chi connectivity index (χ1v) is 8.73. The molecule has 1 aliphatic rings. The van der Waals surface area contributed by atoms with Gasteiger partial charge in [-0.2, -0.15) is 13.2 Å². The molecule has 8 heteroatoms. The van der Waals surface area contributed by atoms with E-state index in [2.05, 4.69) is 4.98 Å². The number of aromatic nitrogens is 1. The lowest BCUT2D eigenvalue weighted by Crippen LogP contribution is -2.26. The highest BCUT2D eigenvalue weighted by Crippen LogP contribution is 2.34. The number of pyridine rings is 1. The van der Waals surface area contributed by atoms with E-state index in [9.17, 15) is 21.6 Å². The molecule has 0 atom stereocenters. The van der Waals surface area contributed by atoms with Gasteiger partial charge >= 0.3 is 6.18 Å². The summed E-state index contributed by atoms with van der Waals surface area (Å²) in [6.45, 7) is 0. The van der Waals surface area contributed by atoms with E-state index in [0.717, 1.165) is 25.3 Å². The lowest BCUT2D eigenvalue weighted by Gasteiger charge is -2.22. The summed E-state index contributed by atoms with van der Waals surface area (Å²) in [7, 11) is -3.62. The van der Waals surface area contributed by atoms with E-state index >= 15 is 0 Å². The number of hydrogen-bond acceptors (Lipinski definition) is 3. The summed E-state index contributed by atoms with van der Waals surface area (Å²) in [6.07, 6.45) is -1.11. The number of alkyl halides is 3. The first-order valence-electron chi connectivity index (χ1n) is 6.64. The average Bonchev–Trinajstić information content (AvgIpc) is 2.40. The van der Waals surface area contributed by atoms with Crippen LogP contribution in [0.3, 0.4) is 0 Å². The molecule has 0 unspecified atom stereocenters. The molecule has 0 aliphatic heterocycles. The van der Waals surface area contributed by atoms with Crippen molar-refractivity contribution in [2.24, 2.45) is 0 Å². The van der Waals surface area contributed by atoms with Crippen molar-refractivity contribution in [2.75, 3.05) is 0 Å². The summed E-state index contributed by atoms with van der Waals surface area (Å²) in [5, 5.41) is -0.857. The molecule has 1 aromatic heterocycles. The summed E-state index contributed by atoms with van der Waals surface area (Å²) < 4.78 is 63.4. The molecule has 0 N–H and O–H groups in total. The molecule has 1 heterocycles. The molecule has 0 radical (unpaired) electrons. The second-order valence-electron chi connectivity index (χ2n) is 5.21. The van der Waals surface area contributed by atoms with Crippen molar-refractivity contribution in [3.63, 3.8) is 0 Å². The number of halogens is 4. The first kappa shape index (κ1) is 16.5. The minimum absolute atomic E-state index is 0.305. The maximum atomic E-state index is 12.9. The van der Waals surface area contributed by atoms with Crippen molar-refractivity contribution in [3.8, 4) is 0 Å². The fourth-order valence-electron chi connectivity index (χ4n) is 2.58. The lowest BCUT2D eigenvalue weighted by molar-refractivity contribution is -0.141. The van der Waals surface area contributed by atoms with Crippen molar-refractivity contribution in [1.82, 2.24) is 4.98 Å². The molecule has 118 valence electrons. The van der Waals surface area contributed by atoms with Gasteiger partial charge in [0.1, 0.15) is 10.8 Å². The van der Waals surface area contributed by atoms with Crippen LogP contribution in [0.1, 0.15) is 43.4 Å². The molecular formula is C13H15ClF3NO2S. The molecule has 0 bridgehead atoms. The molecule has 21 heavy (non-hydrogen) atoms. The fourth-order valence-corrected chi connectivity index (χ4v) is 4.69.